The molecule has 12 nitrogen and oxygen atoms in total. The first-order chi connectivity index (χ1) is 24.8. The van der Waals surface area contributed by atoms with Crippen LogP contribution in [0.25, 0.3) is 21.5 Å². The molecule has 0 aliphatic carbocycles. The lowest BCUT2D eigenvalue weighted by Gasteiger charge is -2.18. The molecule has 4 aliphatic rings. The van der Waals surface area contributed by atoms with E-state index >= 15 is 0 Å². The Morgan fingerprint density at radius 1 is 0.440 bits per heavy atom. The Labute approximate surface area is 287 Å². The van der Waals surface area contributed by atoms with Gasteiger partial charge in [0.05, 0.1) is 26.2 Å². The Morgan fingerprint density at radius 2 is 0.740 bits per heavy atom. The minimum atomic E-state index is 0.313. The van der Waals surface area contributed by atoms with Gasteiger partial charge in [-0.3, -0.25) is 0 Å². The molecule has 0 spiro atoms. The summed E-state index contributed by atoms with van der Waals surface area (Å²) in [5.41, 5.74) is 4.49. The standard InChI is InChI=1S/C38H32N6O6/c1-2-6-26-25(5-1)29(21-49-23-17-31(35-39-9-13-45-35)43-32(18-23)36-40-10-14-46-36)27-7-3-4-8-28(27)30(26)22-50-24-19-33(37-41-11-15-47-37)44-34(20-24)38-42-12-16-48-38/h1-8,17-20H,9-16,21-22H2. The molecule has 0 amide bonds. The molecule has 5 aromatic rings. The summed E-state index contributed by atoms with van der Waals surface area (Å²) in [6.07, 6.45) is 0. The van der Waals surface area contributed by atoms with Crippen molar-refractivity contribution in [1.82, 2.24) is 9.97 Å². The zero-order valence-corrected chi connectivity index (χ0v) is 27.1. The number of rotatable bonds is 10. The lowest BCUT2D eigenvalue weighted by atomic mass is 9.92. The van der Waals surface area contributed by atoms with Gasteiger partial charge in [0.2, 0.25) is 23.6 Å². The zero-order valence-electron chi connectivity index (χ0n) is 27.1. The molecule has 0 unspecified atom stereocenters. The molecule has 9 rings (SSSR count). The Balaban J connectivity index is 1.06. The third kappa shape index (κ3) is 5.82. The molecule has 6 heterocycles. The van der Waals surface area contributed by atoms with E-state index in [0.29, 0.717) is 124 Å². The van der Waals surface area contributed by atoms with Crippen molar-refractivity contribution in [3.8, 4) is 11.5 Å². The molecule has 0 saturated heterocycles. The van der Waals surface area contributed by atoms with E-state index in [1.807, 2.05) is 48.5 Å². The zero-order chi connectivity index (χ0) is 33.3. The average molecular weight is 669 g/mol. The summed E-state index contributed by atoms with van der Waals surface area (Å²) in [6.45, 7) is 5.12. The van der Waals surface area contributed by atoms with Crippen molar-refractivity contribution in [1.29, 1.82) is 0 Å². The molecule has 0 radical (unpaired) electrons. The number of aromatic nitrogens is 2. The van der Waals surface area contributed by atoms with Crippen molar-refractivity contribution in [3.05, 3.63) is 107 Å². The van der Waals surface area contributed by atoms with E-state index in [1.54, 1.807) is 0 Å². The van der Waals surface area contributed by atoms with Crippen LogP contribution in [0.15, 0.2) is 92.8 Å². The van der Waals surface area contributed by atoms with Crippen LogP contribution in [0.5, 0.6) is 11.5 Å². The third-order valence-corrected chi connectivity index (χ3v) is 8.74. The molecule has 0 N–H and O–H groups in total. The Bertz CT molecular complexity index is 1970. The quantitative estimate of drug-likeness (QED) is 0.189. The van der Waals surface area contributed by atoms with E-state index in [-0.39, 0.29) is 0 Å². The Kier molecular flexibility index (Phi) is 7.88. The summed E-state index contributed by atoms with van der Waals surface area (Å²) in [5.74, 6) is 3.23. The van der Waals surface area contributed by atoms with Gasteiger partial charge in [0.25, 0.3) is 0 Å². The van der Waals surface area contributed by atoms with E-state index in [9.17, 15) is 0 Å². The second-order valence-electron chi connectivity index (χ2n) is 11.9. The van der Waals surface area contributed by atoms with Crippen LogP contribution < -0.4 is 9.47 Å². The van der Waals surface area contributed by atoms with Crippen molar-refractivity contribution in [2.24, 2.45) is 20.0 Å². The van der Waals surface area contributed by atoms with Gasteiger partial charge in [-0.1, -0.05) is 48.5 Å². The normalized spacial score (nSPS) is 16.6. The highest BCUT2D eigenvalue weighted by Crippen LogP contribution is 2.35. The molecule has 0 bridgehead atoms. The highest BCUT2D eigenvalue weighted by molar-refractivity contribution is 6.06. The minimum absolute atomic E-state index is 0.313. The number of pyridine rings is 2. The van der Waals surface area contributed by atoms with E-state index < -0.39 is 0 Å². The molecule has 0 atom stereocenters. The van der Waals surface area contributed by atoms with Gasteiger partial charge < -0.3 is 28.4 Å². The molecule has 2 aromatic heterocycles. The summed E-state index contributed by atoms with van der Waals surface area (Å²) in [6, 6.07) is 24.1. The van der Waals surface area contributed by atoms with Gasteiger partial charge in [-0.05, 0) is 21.5 Å². The van der Waals surface area contributed by atoms with Gasteiger partial charge in [0.1, 0.15) is 73.9 Å². The average Bonchev–Trinajstić information content (AvgIpc) is 4.01. The highest BCUT2D eigenvalue weighted by Gasteiger charge is 2.22. The van der Waals surface area contributed by atoms with E-state index in [0.717, 1.165) is 32.7 Å². The summed E-state index contributed by atoms with van der Waals surface area (Å²) in [5, 5.41) is 4.30. The number of fused-ring (bicyclic) bond motifs is 2. The fourth-order valence-corrected chi connectivity index (χ4v) is 6.51. The van der Waals surface area contributed by atoms with Crippen molar-refractivity contribution < 1.29 is 28.4 Å². The van der Waals surface area contributed by atoms with E-state index in [1.165, 1.54) is 0 Å². The molecular weight excluding hydrogens is 636 g/mol. The van der Waals surface area contributed by atoms with Gasteiger partial charge in [-0.2, -0.15) is 0 Å². The fourth-order valence-electron chi connectivity index (χ4n) is 6.51. The van der Waals surface area contributed by atoms with Crippen molar-refractivity contribution in [2.75, 3.05) is 52.6 Å². The molecule has 12 heteroatoms. The van der Waals surface area contributed by atoms with Crippen LogP contribution in [0.4, 0.5) is 0 Å². The first-order valence-corrected chi connectivity index (χ1v) is 16.7. The first kappa shape index (κ1) is 30.1. The molecule has 50 heavy (non-hydrogen) atoms. The summed E-state index contributed by atoms with van der Waals surface area (Å²) in [7, 11) is 0. The molecule has 250 valence electrons. The number of nitrogens with zero attached hydrogens (tertiary/aromatic N) is 6. The maximum atomic E-state index is 6.56. The van der Waals surface area contributed by atoms with Crippen LogP contribution in [-0.4, -0.2) is 86.2 Å². The maximum Gasteiger partial charge on any atom is 0.235 e. The topological polar surface area (TPSA) is 131 Å². The van der Waals surface area contributed by atoms with Crippen molar-refractivity contribution in [3.63, 3.8) is 0 Å². The Morgan fingerprint density at radius 3 is 1.00 bits per heavy atom. The third-order valence-electron chi connectivity index (χ3n) is 8.74. The second kappa shape index (κ2) is 13.1. The highest BCUT2D eigenvalue weighted by atomic mass is 16.5. The van der Waals surface area contributed by atoms with Crippen LogP contribution in [0.2, 0.25) is 0 Å². The van der Waals surface area contributed by atoms with Crippen LogP contribution in [-0.2, 0) is 32.2 Å². The SMILES string of the molecule is c1ccc2c(COc3cc(C4=NCCO4)nc(C4=NCCO4)c3)c3ccccc3c(COc3cc(C4=NCCO4)nc(C4=NCCO4)c3)c2c1. The summed E-state index contributed by atoms with van der Waals surface area (Å²) in [4.78, 5) is 27.3. The van der Waals surface area contributed by atoms with Crippen LogP contribution in [0, 0.1) is 0 Å². The van der Waals surface area contributed by atoms with Gasteiger partial charge in [-0.25, -0.2) is 29.9 Å². The predicted octanol–water partition coefficient (Wildman–Crippen LogP) is 5.05. The van der Waals surface area contributed by atoms with Crippen LogP contribution >= 0.6 is 0 Å². The largest absolute Gasteiger partial charge is 0.489 e. The van der Waals surface area contributed by atoms with Gasteiger partial charge in [0.15, 0.2) is 0 Å². The smallest absolute Gasteiger partial charge is 0.235 e. The van der Waals surface area contributed by atoms with Crippen molar-refractivity contribution >= 4 is 45.1 Å². The molecule has 4 aliphatic heterocycles. The lowest BCUT2D eigenvalue weighted by Crippen LogP contribution is -2.12. The van der Waals surface area contributed by atoms with Crippen LogP contribution in [0.1, 0.15) is 33.9 Å². The molecule has 0 saturated carbocycles. The number of benzene rings is 3. The minimum Gasteiger partial charge on any atom is -0.489 e. The van der Waals surface area contributed by atoms with Gasteiger partial charge >= 0.3 is 0 Å². The number of hydrogen-bond donors (Lipinski definition) is 0. The second-order valence-corrected chi connectivity index (χ2v) is 11.9. The van der Waals surface area contributed by atoms with E-state index in [4.69, 9.17) is 38.4 Å². The fraction of sp³-hybridized carbons (Fsp3) is 0.263. The van der Waals surface area contributed by atoms with Gasteiger partial charge in [0, 0.05) is 35.4 Å². The number of aliphatic imine (C=N–C) groups is 4. The van der Waals surface area contributed by atoms with Crippen LogP contribution in [0.3, 0.4) is 0 Å². The summed E-state index contributed by atoms with van der Waals surface area (Å²) >= 11 is 0. The number of hydrogen-bond acceptors (Lipinski definition) is 12. The number of ether oxygens (including phenoxy) is 6. The van der Waals surface area contributed by atoms with Crippen molar-refractivity contribution in [2.45, 2.75) is 13.2 Å². The van der Waals surface area contributed by atoms with Gasteiger partial charge in [-0.15, -0.1) is 0 Å². The lowest BCUT2D eigenvalue weighted by molar-refractivity contribution is 0.305. The summed E-state index contributed by atoms with van der Waals surface area (Å²) < 4.78 is 36.0. The van der Waals surface area contributed by atoms with E-state index in [2.05, 4.69) is 44.2 Å². The maximum absolute atomic E-state index is 6.56. The monoisotopic (exact) mass is 668 g/mol. The predicted molar refractivity (Wildman–Crippen MR) is 188 cm³/mol. The molecular formula is C38H32N6O6. The molecule has 0 fully saturated rings. The molecule has 3 aromatic carbocycles. The Hall–Kier alpha value is -6.04. The first-order valence-electron chi connectivity index (χ1n) is 16.7.